The van der Waals surface area contributed by atoms with Crippen molar-refractivity contribution in [2.45, 2.75) is 24.3 Å². The van der Waals surface area contributed by atoms with Crippen LogP contribution in [-0.4, -0.2) is 35.9 Å². The van der Waals surface area contributed by atoms with Crippen molar-refractivity contribution in [3.05, 3.63) is 64.8 Å². The Morgan fingerprint density at radius 1 is 1.11 bits per heavy atom. The molecule has 0 saturated carbocycles. The predicted molar refractivity (Wildman–Crippen MR) is 109 cm³/mol. The second kappa shape index (κ2) is 7.35. The molecule has 0 unspecified atom stereocenters. The Labute approximate surface area is 164 Å². The van der Waals surface area contributed by atoms with Crippen LogP contribution < -0.4 is 11.0 Å². The van der Waals surface area contributed by atoms with Crippen molar-refractivity contribution < 1.29 is 4.79 Å². The van der Waals surface area contributed by atoms with Crippen molar-refractivity contribution in [3.63, 3.8) is 0 Å². The van der Waals surface area contributed by atoms with Crippen LogP contribution in [0.1, 0.15) is 12.7 Å². The summed E-state index contributed by atoms with van der Waals surface area (Å²) in [7, 11) is 0. The fourth-order valence-corrected chi connectivity index (χ4v) is 3.77. The van der Waals surface area contributed by atoms with Crippen molar-refractivity contribution in [2.75, 3.05) is 5.32 Å². The third-order valence-corrected chi connectivity index (χ3v) is 5.29. The number of hydrogen-bond acceptors (Lipinski definition) is 5. The minimum atomic E-state index is -0.396. The number of benzene rings is 2. The molecule has 4 aromatic rings. The number of hydrogen-bond donors (Lipinski definition) is 3. The zero-order chi connectivity index (χ0) is 19.7. The predicted octanol–water partition coefficient (Wildman–Crippen LogP) is 2.86. The van der Waals surface area contributed by atoms with E-state index in [-0.39, 0.29) is 11.6 Å². The van der Waals surface area contributed by atoms with Crippen LogP contribution in [0.4, 0.5) is 5.69 Å². The molecule has 0 aliphatic carbocycles. The van der Waals surface area contributed by atoms with Crippen LogP contribution in [0, 0.1) is 6.92 Å². The number of carbonyl (C=O) groups is 1. The van der Waals surface area contributed by atoms with E-state index < -0.39 is 5.25 Å². The van der Waals surface area contributed by atoms with Crippen LogP contribution in [0.15, 0.2) is 58.5 Å². The van der Waals surface area contributed by atoms with Gasteiger partial charge in [0.15, 0.2) is 5.16 Å². The molecule has 0 bridgehead atoms. The molecule has 0 aliphatic rings. The highest BCUT2D eigenvalue weighted by Gasteiger charge is 2.20. The lowest BCUT2D eigenvalue weighted by Crippen LogP contribution is -2.22. The summed E-state index contributed by atoms with van der Waals surface area (Å²) in [6.45, 7) is 3.69. The van der Waals surface area contributed by atoms with Crippen molar-refractivity contribution >= 4 is 34.4 Å². The monoisotopic (exact) mass is 394 g/mol. The molecule has 0 fully saturated rings. The lowest BCUT2D eigenvalue weighted by molar-refractivity contribution is -0.115. The highest BCUT2D eigenvalue weighted by Crippen LogP contribution is 2.26. The quantitative estimate of drug-likeness (QED) is 0.451. The molecule has 4 rings (SSSR count). The van der Waals surface area contributed by atoms with Gasteiger partial charge in [0.1, 0.15) is 5.82 Å². The highest BCUT2D eigenvalue weighted by molar-refractivity contribution is 8.00. The Hall–Kier alpha value is -3.33. The van der Waals surface area contributed by atoms with E-state index in [0.29, 0.717) is 21.9 Å². The van der Waals surface area contributed by atoms with Crippen LogP contribution in [-0.2, 0) is 4.79 Å². The molecule has 1 atom stereocenters. The molecule has 0 spiro atoms. The average Bonchev–Trinajstić information content (AvgIpc) is 3.23. The van der Waals surface area contributed by atoms with Crippen LogP contribution >= 0.6 is 11.8 Å². The van der Waals surface area contributed by atoms with Gasteiger partial charge in [-0.15, -0.1) is 10.2 Å². The molecule has 0 saturated heterocycles. The lowest BCUT2D eigenvalue weighted by Gasteiger charge is -2.13. The first-order valence-corrected chi connectivity index (χ1v) is 9.56. The number of nitrogens with one attached hydrogen (secondary N) is 3. The average molecular weight is 394 g/mol. The van der Waals surface area contributed by atoms with Gasteiger partial charge in [-0.05, 0) is 44.2 Å². The summed E-state index contributed by atoms with van der Waals surface area (Å²) in [6, 6.07) is 15.0. The first-order chi connectivity index (χ1) is 13.5. The number of aryl methyl sites for hydroxylation is 1. The van der Waals surface area contributed by atoms with Crippen molar-refractivity contribution in [1.29, 1.82) is 0 Å². The fourth-order valence-electron chi connectivity index (χ4n) is 2.86. The lowest BCUT2D eigenvalue weighted by atomic mass is 10.2. The molecule has 0 radical (unpaired) electrons. The summed E-state index contributed by atoms with van der Waals surface area (Å²) in [5, 5.41) is 11.5. The van der Waals surface area contributed by atoms with Crippen molar-refractivity contribution in [2.24, 2.45) is 0 Å². The largest absolute Gasteiger partial charge is 0.325 e. The second-order valence-corrected chi connectivity index (χ2v) is 7.60. The molecule has 8 nitrogen and oxygen atoms in total. The first kappa shape index (κ1) is 18.1. The maximum Gasteiger partial charge on any atom is 0.323 e. The second-order valence-electron chi connectivity index (χ2n) is 6.29. The molecule has 9 heteroatoms. The summed E-state index contributed by atoms with van der Waals surface area (Å²) in [6.07, 6.45) is 0. The van der Waals surface area contributed by atoms with Gasteiger partial charge in [-0.25, -0.2) is 4.79 Å². The highest BCUT2D eigenvalue weighted by atomic mass is 32.2. The standard InChI is InChI=1S/C19H18N6O2S/c1-11(17(26)20-13-8-9-15-16(10-13)22-18(27)21-15)28-19-24-23-12(2)25(19)14-6-4-3-5-7-14/h3-11H,1-2H3,(H,20,26)(H2,21,22,27)/t11-/m1/s1. The summed E-state index contributed by atoms with van der Waals surface area (Å²) >= 11 is 1.33. The molecular weight excluding hydrogens is 376 g/mol. The van der Waals surface area contributed by atoms with Crippen molar-refractivity contribution in [1.82, 2.24) is 24.7 Å². The Balaban J connectivity index is 1.51. The van der Waals surface area contributed by atoms with Gasteiger partial charge < -0.3 is 15.3 Å². The number of thioether (sulfide) groups is 1. The summed E-state index contributed by atoms with van der Waals surface area (Å²) in [4.78, 5) is 29.4. The number of imidazole rings is 1. The smallest absolute Gasteiger partial charge is 0.323 e. The molecule has 142 valence electrons. The Bertz CT molecular complexity index is 1190. The first-order valence-electron chi connectivity index (χ1n) is 8.68. The van der Waals surface area contributed by atoms with Crippen LogP contribution in [0.5, 0.6) is 0 Å². The van der Waals surface area contributed by atoms with E-state index in [9.17, 15) is 9.59 Å². The summed E-state index contributed by atoms with van der Waals surface area (Å²) in [5.74, 6) is 0.589. The molecule has 1 amide bonds. The van der Waals surface area contributed by atoms with Gasteiger partial charge in [-0.3, -0.25) is 9.36 Å². The fraction of sp³-hybridized carbons (Fsp3) is 0.158. The number of carbonyl (C=O) groups excluding carboxylic acids is 1. The number of H-pyrrole nitrogens is 2. The zero-order valence-corrected chi connectivity index (χ0v) is 16.1. The van der Waals surface area contributed by atoms with Gasteiger partial charge in [-0.1, -0.05) is 30.0 Å². The van der Waals surface area contributed by atoms with E-state index in [1.807, 2.05) is 48.7 Å². The Morgan fingerprint density at radius 3 is 2.64 bits per heavy atom. The van der Waals surface area contributed by atoms with Gasteiger partial charge in [0, 0.05) is 11.4 Å². The number of nitrogens with zero attached hydrogens (tertiary/aromatic N) is 3. The molecular formula is C19H18N6O2S. The maximum atomic E-state index is 12.6. The topological polar surface area (TPSA) is 108 Å². The third-order valence-electron chi connectivity index (χ3n) is 4.24. The van der Waals surface area contributed by atoms with E-state index in [4.69, 9.17) is 0 Å². The third kappa shape index (κ3) is 3.56. The van der Waals surface area contributed by atoms with Crippen LogP contribution in [0.25, 0.3) is 16.7 Å². The van der Waals surface area contributed by atoms with Gasteiger partial charge in [0.25, 0.3) is 0 Å². The number of anilines is 1. The van der Waals surface area contributed by atoms with E-state index >= 15 is 0 Å². The zero-order valence-electron chi connectivity index (χ0n) is 15.3. The Kier molecular flexibility index (Phi) is 4.74. The number of aromatic nitrogens is 5. The van der Waals surface area contributed by atoms with Gasteiger partial charge in [0.05, 0.1) is 16.3 Å². The van der Waals surface area contributed by atoms with Gasteiger partial charge in [0.2, 0.25) is 5.91 Å². The van der Waals surface area contributed by atoms with E-state index in [0.717, 1.165) is 11.5 Å². The minimum Gasteiger partial charge on any atom is -0.325 e. The number of amides is 1. The normalized spacial score (nSPS) is 12.2. The number of aromatic amines is 2. The van der Waals surface area contributed by atoms with Crippen molar-refractivity contribution in [3.8, 4) is 5.69 Å². The van der Waals surface area contributed by atoms with E-state index in [2.05, 4.69) is 25.5 Å². The molecule has 0 aliphatic heterocycles. The molecule has 28 heavy (non-hydrogen) atoms. The maximum absolute atomic E-state index is 12.6. The summed E-state index contributed by atoms with van der Waals surface area (Å²) < 4.78 is 1.92. The SMILES string of the molecule is Cc1nnc(S[C@H](C)C(=O)Nc2ccc3[nH]c(=O)[nH]c3c2)n1-c1ccccc1. The van der Waals surface area contributed by atoms with E-state index in [1.54, 1.807) is 18.2 Å². The van der Waals surface area contributed by atoms with E-state index in [1.165, 1.54) is 11.8 Å². The number of fused-ring (bicyclic) bond motifs is 1. The number of rotatable bonds is 5. The minimum absolute atomic E-state index is 0.164. The van der Waals surface area contributed by atoms with Crippen LogP contribution in [0.3, 0.4) is 0 Å². The van der Waals surface area contributed by atoms with Crippen LogP contribution in [0.2, 0.25) is 0 Å². The number of para-hydroxylation sites is 1. The van der Waals surface area contributed by atoms with Gasteiger partial charge >= 0.3 is 5.69 Å². The Morgan fingerprint density at radius 2 is 1.86 bits per heavy atom. The molecule has 2 aromatic carbocycles. The molecule has 3 N–H and O–H groups in total. The molecule has 2 heterocycles. The summed E-state index contributed by atoms with van der Waals surface area (Å²) in [5.41, 5.74) is 2.61. The van der Waals surface area contributed by atoms with Gasteiger partial charge in [-0.2, -0.15) is 0 Å². The molecule has 2 aromatic heterocycles.